The van der Waals surface area contributed by atoms with Gasteiger partial charge in [0.15, 0.2) is 0 Å². The highest BCUT2D eigenvalue weighted by atomic mass is 32.2. The number of alkyl halides is 6. The number of hydrogen-bond acceptors (Lipinski definition) is 2. The molecule has 2 heterocycles. The van der Waals surface area contributed by atoms with Gasteiger partial charge in [0.25, 0.3) is 0 Å². The molecule has 8 heteroatoms. The van der Waals surface area contributed by atoms with Crippen LogP contribution < -0.4 is 0 Å². The fraction of sp³-hybridized carbons (Fsp3) is 0.684. The largest absolute Gasteiger partial charge is 0.380 e. The first-order valence-electron chi connectivity index (χ1n) is 8.76. The Kier molecular flexibility index (Phi) is 3.64. The maximum Gasteiger partial charge on any atom is 0.380 e. The topological polar surface area (TPSA) is 0 Å². The Bertz CT molecular complexity index is 865. The molecule has 27 heavy (non-hydrogen) atoms. The Hall–Kier alpha value is -0.500. The zero-order chi connectivity index (χ0) is 20.5. The highest BCUT2D eigenvalue weighted by molar-refractivity contribution is 8.07. The molecule has 4 aliphatic rings. The van der Waals surface area contributed by atoms with Crippen LogP contribution in [0.3, 0.4) is 0 Å². The van der Waals surface area contributed by atoms with Gasteiger partial charge in [0.1, 0.15) is 0 Å². The molecular weight excluding hydrogens is 406 g/mol. The van der Waals surface area contributed by atoms with Crippen molar-refractivity contribution in [1.82, 2.24) is 0 Å². The lowest BCUT2D eigenvalue weighted by atomic mass is 9.67. The van der Waals surface area contributed by atoms with E-state index in [2.05, 4.69) is 0 Å². The van der Waals surface area contributed by atoms with E-state index in [4.69, 9.17) is 0 Å². The van der Waals surface area contributed by atoms with Crippen molar-refractivity contribution in [3.8, 4) is 0 Å². The molecule has 0 radical (unpaired) electrons. The van der Waals surface area contributed by atoms with Gasteiger partial charge in [-0.2, -0.15) is 26.3 Å². The van der Waals surface area contributed by atoms with E-state index >= 15 is 0 Å². The summed E-state index contributed by atoms with van der Waals surface area (Å²) >= 11 is 2.76. The maximum atomic E-state index is 14.9. The van der Waals surface area contributed by atoms with Crippen LogP contribution in [0.2, 0.25) is 0 Å². The number of fused-ring (bicyclic) bond motifs is 4. The van der Waals surface area contributed by atoms with E-state index in [1.807, 2.05) is 6.92 Å². The fourth-order valence-corrected chi connectivity index (χ4v) is 8.81. The van der Waals surface area contributed by atoms with Crippen molar-refractivity contribution in [1.29, 1.82) is 0 Å². The standard InChI is InChI=1S/C19H20F6S2/c1-7-9(3)26-15(5)11(7)13-14(12-8(2)10(4)27-16(12,15)6)18(22,23)19(24,25)17(13,20)21/h7,9H,1-6H3. The smallest absolute Gasteiger partial charge is 0.194 e. The van der Waals surface area contributed by atoms with Gasteiger partial charge in [0.05, 0.1) is 9.49 Å². The molecule has 0 bridgehead atoms. The predicted molar refractivity (Wildman–Crippen MR) is 97.9 cm³/mol. The summed E-state index contributed by atoms with van der Waals surface area (Å²) in [6.07, 6.45) is 0. The monoisotopic (exact) mass is 426 g/mol. The van der Waals surface area contributed by atoms with Crippen molar-refractivity contribution in [2.45, 2.75) is 74.1 Å². The first-order chi connectivity index (χ1) is 12.1. The van der Waals surface area contributed by atoms with Crippen molar-refractivity contribution in [2.24, 2.45) is 5.92 Å². The van der Waals surface area contributed by atoms with Gasteiger partial charge >= 0.3 is 17.8 Å². The quantitative estimate of drug-likeness (QED) is 0.389. The second kappa shape index (κ2) is 4.97. The van der Waals surface area contributed by atoms with Gasteiger partial charge in [-0.3, -0.25) is 0 Å². The van der Waals surface area contributed by atoms with Crippen LogP contribution in [0.1, 0.15) is 41.5 Å². The summed E-state index contributed by atoms with van der Waals surface area (Å²) in [6, 6.07) is 0. The van der Waals surface area contributed by atoms with Gasteiger partial charge in [-0.25, -0.2) is 0 Å². The van der Waals surface area contributed by atoms with E-state index in [0.29, 0.717) is 10.5 Å². The molecule has 0 spiro atoms. The van der Waals surface area contributed by atoms with E-state index in [-0.39, 0.29) is 16.4 Å². The number of thioether (sulfide) groups is 2. The molecule has 2 aliphatic carbocycles. The Morgan fingerprint density at radius 1 is 0.778 bits per heavy atom. The third-order valence-electron chi connectivity index (χ3n) is 6.93. The average molecular weight is 426 g/mol. The third-order valence-corrected chi connectivity index (χ3v) is 10.6. The minimum absolute atomic E-state index is 0.0260. The molecule has 4 atom stereocenters. The van der Waals surface area contributed by atoms with Gasteiger partial charge in [-0.1, -0.05) is 13.8 Å². The van der Waals surface area contributed by atoms with Gasteiger partial charge in [0.2, 0.25) is 0 Å². The summed E-state index contributed by atoms with van der Waals surface area (Å²) in [5, 5.41) is -0.143. The Labute approximate surface area is 162 Å². The molecule has 4 rings (SSSR count). The zero-order valence-electron chi connectivity index (χ0n) is 15.7. The second-order valence-electron chi connectivity index (χ2n) is 8.22. The molecule has 1 saturated heterocycles. The summed E-state index contributed by atoms with van der Waals surface area (Å²) in [4.78, 5) is 0.712. The Morgan fingerprint density at radius 2 is 1.30 bits per heavy atom. The molecule has 150 valence electrons. The molecule has 2 fully saturated rings. The van der Waals surface area contributed by atoms with Crippen molar-refractivity contribution in [3.63, 3.8) is 0 Å². The Balaban J connectivity index is 2.23. The van der Waals surface area contributed by atoms with Crippen LogP contribution in [-0.4, -0.2) is 32.5 Å². The molecule has 1 saturated carbocycles. The van der Waals surface area contributed by atoms with Crippen molar-refractivity contribution in [3.05, 3.63) is 32.8 Å². The number of hydrogen-bond donors (Lipinski definition) is 0. The molecule has 0 aromatic carbocycles. The van der Waals surface area contributed by atoms with Crippen molar-refractivity contribution >= 4 is 23.5 Å². The first-order valence-corrected chi connectivity index (χ1v) is 10.5. The summed E-state index contributed by atoms with van der Waals surface area (Å²) in [7, 11) is 0. The third kappa shape index (κ3) is 1.80. The fourth-order valence-electron chi connectivity index (χ4n) is 5.18. The lowest BCUT2D eigenvalue weighted by Crippen LogP contribution is -2.49. The van der Waals surface area contributed by atoms with Crippen LogP contribution in [0.15, 0.2) is 32.8 Å². The summed E-state index contributed by atoms with van der Waals surface area (Å²) in [5.41, 5.74) is -1.78. The molecule has 2 aliphatic heterocycles. The zero-order valence-corrected chi connectivity index (χ0v) is 17.4. The average Bonchev–Trinajstić information content (AvgIpc) is 2.93. The van der Waals surface area contributed by atoms with Gasteiger partial charge in [0, 0.05) is 16.4 Å². The molecule has 0 N–H and O–H groups in total. The normalized spacial score (nSPS) is 44.0. The van der Waals surface area contributed by atoms with E-state index in [1.165, 1.54) is 23.5 Å². The lowest BCUT2D eigenvalue weighted by molar-refractivity contribution is -0.258. The van der Waals surface area contributed by atoms with Crippen LogP contribution in [0.25, 0.3) is 0 Å². The van der Waals surface area contributed by atoms with Crippen LogP contribution in [0, 0.1) is 5.92 Å². The minimum Gasteiger partial charge on any atom is -0.194 e. The van der Waals surface area contributed by atoms with Gasteiger partial charge in [-0.15, -0.1) is 23.5 Å². The highest BCUT2D eigenvalue weighted by Crippen LogP contribution is 2.76. The summed E-state index contributed by atoms with van der Waals surface area (Å²) < 4.78 is 86.5. The van der Waals surface area contributed by atoms with Crippen LogP contribution in [0.5, 0.6) is 0 Å². The number of rotatable bonds is 0. The lowest BCUT2D eigenvalue weighted by Gasteiger charge is -2.48. The first kappa shape index (κ1) is 19.8. The SMILES string of the molecule is CC1=C(C)C2=C3C(=C4C(C)C(C)SC4(C)C2(C)S1)C(F)(F)C(F)(F)C3(F)F. The van der Waals surface area contributed by atoms with Crippen LogP contribution in [0.4, 0.5) is 26.3 Å². The van der Waals surface area contributed by atoms with Gasteiger partial charge in [-0.05, 0) is 55.2 Å². The van der Waals surface area contributed by atoms with E-state index in [1.54, 1.807) is 34.6 Å². The minimum atomic E-state index is -5.45. The number of allylic oxidation sites excluding steroid dienone is 4. The maximum absolute atomic E-state index is 14.9. The molecule has 0 aromatic rings. The van der Waals surface area contributed by atoms with E-state index in [9.17, 15) is 26.3 Å². The highest BCUT2D eigenvalue weighted by Gasteiger charge is 2.84. The van der Waals surface area contributed by atoms with Crippen LogP contribution in [-0.2, 0) is 0 Å². The van der Waals surface area contributed by atoms with E-state index in [0.717, 1.165) is 0 Å². The molecule has 0 nitrogen and oxygen atoms in total. The molecule has 4 unspecified atom stereocenters. The predicted octanol–water partition coefficient (Wildman–Crippen LogP) is 6.84. The van der Waals surface area contributed by atoms with Crippen molar-refractivity contribution < 1.29 is 26.3 Å². The second-order valence-corrected chi connectivity index (χ2v) is 11.7. The molecular formula is C19H20F6S2. The van der Waals surface area contributed by atoms with Crippen LogP contribution >= 0.6 is 23.5 Å². The number of halogens is 6. The summed E-state index contributed by atoms with van der Waals surface area (Å²) in [6.45, 7) is 10.3. The van der Waals surface area contributed by atoms with Gasteiger partial charge < -0.3 is 0 Å². The molecule has 0 aromatic heterocycles. The van der Waals surface area contributed by atoms with E-state index < -0.39 is 44.3 Å². The summed E-state index contributed by atoms with van der Waals surface area (Å²) in [5.74, 6) is -15.8. The van der Waals surface area contributed by atoms with Crippen molar-refractivity contribution in [2.75, 3.05) is 0 Å². The molecule has 0 amide bonds. The Morgan fingerprint density at radius 3 is 1.85 bits per heavy atom.